The van der Waals surface area contributed by atoms with Crippen LogP contribution in [-0.4, -0.2) is 45.8 Å². The Kier molecular flexibility index (Phi) is 7.48. The quantitative estimate of drug-likeness (QED) is 0.372. The fourth-order valence-electron chi connectivity index (χ4n) is 3.32. The van der Waals surface area contributed by atoms with Crippen LogP contribution in [0.5, 0.6) is 0 Å². The summed E-state index contributed by atoms with van der Waals surface area (Å²) < 4.78 is 10.6. The van der Waals surface area contributed by atoms with Crippen LogP contribution in [-0.2, 0) is 14.3 Å². The molecule has 0 saturated carbocycles. The van der Waals surface area contributed by atoms with Crippen LogP contribution in [0.3, 0.4) is 0 Å². The average Bonchev–Trinajstić information content (AvgIpc) is 2.65. The van der Waals surface area contributed by atoms with E-state index in [4.69, 9.17) is 9.47 Å². The van der Waals surface area contributed by atoms with E-state index in [0.717, 1.165) is 4.90 Å². The van der Waals surface area contributed by atoms with Gasteiger partial charge >= 0.3 is 18.1 Å². The van der Waals surface area contributed by atoms with E-state index in [-0.39, 0.29) is 22.9 Å². The first-order chi connectivity index (χ1) is 14.4. The van der Waals surface area contributed by atoms with E-state index in [1.807, 2.05) is 0 Å². The first-order valence-corrected chi connectivity index (χ1v) is 10.0. The highest BCUT2D eigenvalue weighted by atomic mass is 16.6. The molecule has 0 aromatic heterocycles. The van der Waals surface area contributed by atoms with Crippen molar-refractivity contribution in [1.82, 2.24) is 4.90 Å². The van der Waals surface area contributed by atoms with Crippen LogP contribution in [0.15, 0.2) is 29.3 Å². The molecule has 0 N–H and O–H groups in total. The second kappa shape index (κ2) is 9.67. The van der Waals surface area contributed by atoms with Crippen molar-refractivity contribution in [3.8, 4) is 0 Å². The van der Waals surface area contributed by atoms with E-state index in [2.05, 4.69) is 4.99 Å². The van der Waals surface area contributed by atoms with Gasteiger partial charge in [0.1, 0.15) is 5.92 Å². The molecule has 0 aliphatic carbocycles. The monoisotopic (exact) mass is 433 g/mol. The minimum Gasteiger partial charge on any atom is -0.462 e. The van der Waals surface area contributed by atoms with Gasteiger partial charge in [0.15, 0.2) is 0 Å². The first-order valence-electron chi connectivity index (χ1n) is 10.0. The van der Waals surface area contributed by atoms with Gasteiger partial charge in [-0.3, -0.25) is 14.9 Å². The van der Waals surface area contributed by atoms with Crippen molar-refractivity contribution in [2.24, 2.45) is 16.8 Å². The largest absolute Gasteiger partial charge is 0.462 e. The van der Waals surface area contributed by atoms with Crippen molar-refractivity contribution in [2.75, 3.05) is 0 Å². The molecule has 10 heteroatoms. The zero-order chi connectivity index (χ0) is 23.5. The predicted molar refractivity (Wildman–Crippen MR) is 112 cm³/mol. The van der Waals surface area contributed by atoms with Gasteiger partial charge in [-0.1, -0.05) is 26.0 Å². The minimum absolute atomic E-state index is 0.224. The Labute approximate surface area is 180 Å². The Morgan fingerprint density at radius 3 is 2.23 bits per heavy atom. The number of nitrogens with zero attached hydrogens (tertiary/aromatic N) is 3. The van der Waals surface area contributed by atoms with E-state index >= 15 is 0 Å². The second-order valence-electron chi connectivity index (χ2n) is 8.04. The van der Waals surface area contributed by atoms with Crippen LogP contribution >= 0.6 is 0 Å². The normalized spacial score (nSPS) is 18.9. The Morgan fingerprint density at radius 1 is 1.10 bits per heavy atom. The number of amides is 3. The Bertz CT molecular complexity index is 908. The molecule has 10 nitrogen and oxygen atoms in total. The Morgan fingerprint density at radius 2 is 1.71 bits per heavy atom. The first kappa shape index (κ1) is 24.0. The van der Waals surface area contributed by atoms with Gasteiger partial charge in [-0.05, 0) is 39.2 Å². The molecular formula is C21H27N3O7. The predicted octanol–water partition coefficient (Wildman–Crippen LogP) is 4.28. The molecule has 1 aliphatic heterocycles. The highest BCUT2D eigenvalue weighted by molar-refractivity contribution is 6.12. The van der Waals surface area contributed by atoms with Crippen LogP contribution in [0.25, 0.3) is 0 Å². The number of hydrogen-bond acceptors (Lipinski definition) is 7. The van der Waals surface area contributed by atoms with E-state index < -0.39 is 47.2 Å². The summed E-state index contributed by atoms with van der Waals surface area (Å²) in [7, 11) is 0. The highest BCUT2D eigenvalue weighted by Crippen LogP contribution is 2.38. The maximum atomic E-state index is 13.1. The van der Waals surface area contributed by atoms with Gasteiger partial charge < -0.3 is 9.47 Å². The molecular weight excluding hydrogens is 406 g/mol. The number of rotatable bonds is 6. The van der Waals surface area contributed by atoms with Gasteiger partial charge in [-0.15, -0.1) is 0 Å². The molecule has 2 rings (SSSR count). The zero-order valence-corrected chi connectivity index (χ0v) is 18.4. The maximum Gasteiger partial charge on any atom is 0.418 e. The van der Waals surface area contributed by atoms with Crippen LogP contribution in [0.2, 0.25) is 0 Å². The third kappa shape index (κ3) is 5.44. The lowest BCUT2D eigenvalue weighted by Gasteiger charge is -2.38. The lowest BCUT2D eigenvalue weighted by atomic mass is 9.82. The van der Waals surface area contributed by atoms with Gasteiger partial charge in [0, 0.05) is 17.8 Å². The molecule has 1 aromatic carbocycles. The number of non-ortho nitro benzene ring substituents is 1. The summed E-state index contributed by atoms with van der Waals surface area (Å²) in [5, 5.41) is 11.3. The van der Waals surface area contributed by atoms with Crippen LogP contribution < -0.4 is 0 Å². The molecule has 3 amide bonds. The number of nitro groups is 1. The van der Waals surface area contributed by atoms with Gasteiger partial charge in [-0.25, -0.2) is 19.5 Å². The summed E-state index contributed by atoms with van der Waals surface area (Å²) in [6, 6.07) is 3.34. The molecule has 1 aromatic rings. The summed E-state index contributed by atoms with van der Waals surface area (Å²) in [5.41, 5.74) is 0.217. The summed E-state index contributed by atoms with van der Waals surface area (Å²) in [5.74, 6) is -2.14. The lowest BCUT2D eigenvalue weighted by Crippen LogP contribution is -2.52. The summed E-state index contributed by atoms with van der Waals surface area (Å²) in [4.78, 5) is 54.2. The fraction of sp³-hybridized carbons (Fsp3) is 0.524. The van der Waals surface area contributed by atoms with Crippen molar-refractivity contribution >= 4 is 29.5 Å². The van der Waals surface area contributed by atoms with Crippen molar-refractivity contribution in [1.29, 1.82) is 0 Å². The molecule has 168 valence electrons. The number of carbonyl (C=O) groups is 3. The lowest BCUT2D eigenvalue weighted by molar-refractivity contribution is -0.385. The number of aliphatic imine (C=N–C) groups is 1. The minimum atomic E-state index is -1.21. The number of urea groups is 1. The molecule has 0 bridgehead atoms. The van der Waals surface area contributed by atoms with Gasteiger partial charge in [0.25, 0.3) is 5.69 Å². The maximum absolute atomic E-state index is 13.1. The third-order valence-electron chi connectivity index (χ3n) is 4.50. The van der Waals surface area contributed by atoms with Gasteiger partial charge in [0.05, 0.1) is 23.2 Å². The Hall–Kier alpha value is -3.30. The van der Waals surface area contributed by atoms with Crippen LogP contribution in [0.4, 0.5) is 15.3 Å². The highest BCUT2D eigenvalue weighted by Gasteiger charge is 2.49. The van der Waals surface area contributed by atoms with E-state index in [0.29, 0.717) is 0 Å². The molecule has 2 atom stereocenters. The van der Waals surface area contributed by atoms with Crippen molar-refractivity contribution in [3.05, 3.63) is 39.9 Å². The molecule has 1 aliphatic rings. The standard InChI is InChI=1S/C21H27N3O7/c1-11(2)17-16(19(25)30-12(3)4)18(14-8-7-9-15(10-14)24(28)29)23(20(26)22-17)21(27)31-13(5)6/h7-13,16,18H,1-6H3. The van der Waals surface area contributed by atoms with E-state index in [1.165, 1.54) is 24.3 Å². The van der Waals surface area contributed by atoms with E-state index in [9.17, 15) is 24.5 Å². The summed E-state index contributed by atoms with van der Waals surface area (Å²) >= 11 is 0. The van der Waals surface area contributed by atoms with Gasteiger partial charge in [0.2, 0.25) is 0 Å². The van der Waals surface area contributed by atoms with Crippen LogP contribution in [0, 0.1) is 22.0 Å². The van der Waals surface area contributed by atoms with E-state index in [1.54, 1.807) is 41.5 Å². The molecule has 2 unspecified atom stereocenters. The zero-order valence-electron chi connectivity index (χ0n) is 18.4. The smallest absolute Gasteiger partial charge is 0.418 e. The molecule has 0 fully saturated rings. The molecule has 1 heterocycles. The molecule has 0 saturated heterocycles. The van der Waals surface area contributed by atoms with Crippen LogP contribution in [0.1, 0.15) is 53.1 Å². The summed E-state index contributed by atoms with van der Waals surface area (Å²) in [6.45, 7) is 10.1. The summed E-state index contributed by atoms with van der Waals surface area (Å²) in [6.07, 6.45) is -1.99. The topological polar surface area (TPSA) is 128 Å². The third-order valence-corrected chi connectivity index (χ3v) is 4.50. The Balaban J connectivity index is 2.73. The number of esters is 1. The van der Waals surface area contributed by atoms with Crippen molar-refractivity contribution in [2.45, 2.75) is 59.8 Å². The SMILES string of the molecule is CC(C)OC(=O)C1C(C(C)C)=NC(=O)N(C(=O)OC(C)C)C1c1cccc([N+](=O)[O-])c1. The van der Waals surface area contributed by atoms with Gasteiger partial charge in [-0.2, -0.15) is 0 Å². The number of ether oxygens (including phenoxy) is 2. The van der Waals surface area contributed by atoms with Crippen molar-refractivity contribution in [3.63, 3.8) is 0 Å². The number of nitro benzene ring substituents is 1. The molecule has 0 spiro atoms. The number of benzene rings is 1. The van der Waals surface area contributed by atoms with Crippen molar-refractivity contribution < 1.29 is 28.8 Å². The number of carbonyl (C=O) groups excluding carboxylic acids is 3. The molecule has 0 radical (unpaired) electrons. The average molecular weight is 433 g/mol. The number of hydrogen-bond donors (Lipinski definition) is 0. The molecule has 31 heavy (non-hydrogen) atoms. The number of imide groups is 1. The second-order valence-corrected chi connectivity index (χ2v) is 8.04. The fourth-order valence-corrected chi connectivity index (χ4v) is 3.32.